The summed E-state index contributed by atoms with van der Waals surface area (Å²) in [6.45, 7) is 1.85. The largest absolute Gasteiger partial charge is 0.411 e. The SMILES string of the molecule is O=C(CSc1nnc(-c2cccc(F)c2)o1)Nc1cccc(Cl)c1N1CCCC1. The number of hydrogen-bond acceptors (Lipinski definition) is 6. The third kappa shape index (κ3) is 4.71. The molecular formula is C20H18ClFN4O2S. The van der Waals surface area contributed by atoms with Crippen LogP contribution in [0.4, 0.5) is 15.8 Å². The molecule has 29 heavy (non-hydrogen) atoms. The highest BCUT2D eigenvalue weighted by molar-refractivity contribution is 7.99. The van der Waals surface area contributed by atoms with Gasteiger partial charge in [-0.15, -0.1) is 10.2 Å². The van der Waals surface area contributed by atoms with Crippen molar-refractivity contribution in [2.75, 3.05) is 29.1 Å². The van der Waals surface area contributed by atoms with Crippen LogP contribution in [-0.2, 0) is 4.79 Å². The molecule has 4 rings (SSSR count). The summed E-state index contributed by atoms with van der Waals surface area (Å²) in [5.74, 6) is -0.289. The van der Waals surface area contributed by atoms with Crippen molar-refractivity contribution in [1.29, 1.82) is 0 Å². The Hall–Kier alpha value is -2.58. The maximum atomic E-state index is 13.3. The lowest BCUT2D eigenvalue weighted by atomic mass is 10.2. The van der Waals surface area contributed by atoms with E-state index >= 15 is 0 Å². The second kappa shape index (κ2) is 8.84. The number of halogens is 2. The maximum absolute atomic E-state index is 13.3. The lowest BCUT2D eigenvalue weighted by Gasteiger charge is -2.22. The molecule has 3 aromatic rings. The predicted octanol–water partition coefficient (Wildman–Crippen LogP) is 4.86. The summed E-state index contributed by atoms with van der Waals surface area (Å²) >= 11 is 7.50. The quantitative estimate of drug-likeness (QED) is 0.561. The Morgan fingerprint density at radius 2 is 2.00 bits per heavy atom. The van der Waals surface area contributed by atoms with Gasteiger partial charge >= 0.3 is 0 Å². The summed E-state index contributed by atoms with van der Waals surface area (Å²) in [4.78, 5) is 14.6. The molecule has 1 fully saturated rings. The van der Waals surface area contributed by atoms with Crippen LogP contribution in [0.2, 0.25) is 5.02 Å². The van der Waals surface area contributed by atoms with Crippen molar-refractivity contribution < 1.29 is 13.6 Å². The molecule has 2 heterocycles. The normalized spacial score (nSPS) is 13.7. The van der Waals surface area contributed by atoms with Gasteiger partial charge in [-0.1, -0.05) is 35.5 Å². The Balaban J connectivity index is 1.40. The van der Waals surface area contributed by atoms with Gasteiger partial charge in [0.05, 0.1) is 22.2 Å². The Bertz CT molecular complexity index is 1020. The van der Waals surface area contributed by atoms with Gasteiger partial charge in [-0.05, 0) is 43.2 Å². The first-order chi connectivity index (χ1) is 14.1. The van der Waals surface area contributed by atoms with Crippen LogP contribution < -0.4 is 10.2 Å². The molecule has 0 unspecified atom stereocenters. The molecule has 0 atom stereocenters. The summed E-state index contributed by atoms with van der Waals surface area (Å²) in [5, 5.41) is 11.6. The Morgan fingerprint density at radius 3 is 2.79 bits per heavy atom. The molecule has 1 amide bonds. The third-order valence-electron chi connectivity index (χ3n) is 4.49. The highest BCUT2D eigenvalue weighted by Gasteiger charge is 2.20. The molecule has 0 radical (unpaired) electrons. The molecule has 9 heteroatoms. The van der Waals surface area contributed by atoms with Crippen molar-refractivity contribution in [3.05, 3.63) is 53.3 Å². The smallest absolute Gasteiger partial charge is 0.277 e. The summed E-state index contributed by atoms with van der Waals surface area (Å²) in [7, 11) is 0. The van der Waals surface area contributed by atoms with Crippen LogP contribution >= 0.6 is 23.4 Å². The number of benzene rings is 2. The van der Waals surface area contributed by atoms with Gasteiger partial charge in [-0.3, -0.25) is 4.79 Å². The first-order valence-electron chi connectivity index (χ1n) is 9.16. The number of nitrogens with one attached hydrogen (secondary N) is 1. The summed E-state index contributed by atoms with van der Waals surface area (Å²) in [5.41, 5.74) is 2.04. The van der Waals surface area contributed by atoms with E-state index in [0.717, 1.165) is 43.4 Å². The van der Waals surface area contributed by atoms with Gasteiger partial charge in [0.15, 0.2) is 0 Å². The van der Waals surface area contributed by atoms with Crippen molar-refractivity contribution in [2.24, 2.45) is 0 Å². The molecule has 2 aromatic carbocycles. The zero-order valence-corrected chi connectivity index (χ0v) is 17.0. The molecule has 1 N–H and O–H groups in total. The number of thioether (sulfide) groups is 1. The third-order valence-corrected chi connectivity index (χ3v) is 5.61. The van der Waals surface area contributed by atoms with Gasteiger partial charge in [0.25, 0.3) is 5.22 Å². The number of rotatable bonds is 6. The average Bonchev–Trinajstić information content (AvgIpc) is 3.39. The fourth-order valence-electron chi connectivity index (χ4n) is 3.20. The monoisotopic (exact) mass is 432 g/mol. The number of hydrogen-bond donors (Lipinski definition) is 1. The fraction of sp³-hybridized carbons (Fsp3) is 0.250. The molecule has 6 nitrogen and oxygen atoms in total. The first kappa shape index (κ1) is 19.7. The number of carbonyl (C=O) groups is 1. The van der Waals surface area contributed by atoms with Crippen LogP contribution in [0.1, 0.15) is 12.8 Å². The second-order valence-electron chi connectivity index (χ2n) is 6.55. The van der Waals surface area contributed by atoms with Gasteiger partial charge in [0, 0.05) is 18.7 Å². The minimum absolute atomic E-state index is 0.0940. The van der Waals surface area contributed by atoms with Gasteiger partial charge in [-0.2, -0.15) is 0 Å². The molecule has 1 aliphatic rings. The first-order valence-corrected chi connectivity index (χ1v) is 10.5. The molecule has 1 aromatic heterocycles. The Labute approximate surface area is 176 Å². The van der Waals surface area contributed by atoms with Crippen LogP contribution in [0.25, 0.3) is 11.5 Å². The number of carbonyl (C=O) groups excluding carboxylic acids is 1. The molecule has 1 saturated heterocycles. The van der Waals surface area contributed by atoms with E-state index in [1.165, 1.54) is 12.1 Å². The summed E-state index contributed by atoms with van der Waals surface area (Å²) < 4.78 is 18.8. The van der Waals surface area contributed by atoms with Crippen LogP contribution in [0.5, 0.6) is 0 Å². The van der Waals surface area contributed by atoms with Crippen molar-refractivity contribution in [3.63, 3.8) is 0 Å². The van der Waals surface area contributed by atoms with E-state index in [0.29, 0.717) is 16.3 Å². The molecular weight excluding hydrogens is 415 g/mol. The molecule has 0 saturated carbocycles. The van der Waals surface area contributed by atoms with Crippen LogP contribution in [0.3, 0.4) is 0 Å². The topological polar surface area (TPSA) is 71.3 Å². The standard InChI is InChI=1S/C20H18ClFN4O2S/c21-15-7-4-8-16(18(15)26-9-1-2-10-26)23-17(27)12-29-20-25-24-19(28-20)13-5-3-6-14(22)11-13/h3-8,11H,1-2,9-10,12H2,(H,23,27). The summed E-state index contributed by atoms with van der Waals surface area (Å²) in [6, 6.07) is 11.4. The minimum atomic E-state index is -0.385. The number of nitrogens with zero attached hydrogens (tertiary/aromatic N) is 3. The van der Waals surface area contributed by atoms with E-state index in [9.17, 15) is 9.18 Å². The number of anilines is 2. The van der Waals surface area contributed by atoms with Crippen molar-refractivity contribution in [2.45, 2.75) is 18.1 Å². The van der Waals surface area contributed by atoms with E-state index < -0.39 is 0 Å². The van der Waals surface area contributed by atoms with Gasteiger partial charge in [-0.25, -0.2) is 4.39 Å². The maximum Gasteiger partial charge on any atom is 0.277 e. The minimum Gasteiger partial charge on any atom is -0.411 e. The van der Waals surface area contributed by atoms with Crippen LogP contribution in [0.15, 0.2) is 52.1 Å². The fourth-order valence-corrected chi connectivity index (χ4v) is 4.06. The lowest BCUT2D eigenvalue weighted by molar-refractivity contribution is -0.113. The zero-order valence-electron chi connectivity index (χ0n) is 15.4. The molecule has 0 aliphatic carbocycles. The van der Waals surface area contributed by atoms with E-state index in [4.69, 9.17) is 16.0 Å². The predicted molar refractivity (Wildman–Crippen MR) is 112 cm³/mol. The van der Waals surface area contributed by atoms with Crippen molar-refractivity contribution >= 4 is 40.6 Å². The Morgan fingerprint density at radius 1 is 1.21 bits per heavy atom. The average molecular weight is 433 g/mol. The van der Waals surface area contributed by atoms with Crippen molar-refractivity contribution in [3.8, 4) is 11.5 Å². The molecule has 150 valence electrons. The van der Waals surface area contributed by atoms with Gasteiger partial charge in [0.1, 0.15) is 5.82 Å². The van der Waals surface area contributed by atoms with E-state index in [-0.39, 0.29) is 28.6 Å². The highest BCUT2D eigenvalue weighted by Crippen LogP contribution is 2.36. The van der Waals surface area contributed by atoms with Crippen molar-refractivity contribution in [1.82, 2.24) is 10.2 Å². The Kier molecular flexibility index (Phi) is 6.01. The lowest BCUT2D eigenvalue weighted by Crippen LogP contribution is -2.22. The van der Waals surface area contributed by atoms with E-state index in [2.05, 4.69) is 20.4 Å². The zero-order chi connectivity index (χ0) is 20.2. The number of aromatic nitrogens is 2. The molecule has 0 bridgehead atoms. The van der Waals surface area contributed by atoms with Crippen LogP contribution in [0, 0.1) is 5.82 Å². The summed E-state index contributed by atoms with van der Waals surface area (Å²) in [6.07, 6.45) is 2.22. The number of para-hydroxylation sites is 1. The van der Waals surface area contributed by atoms with Gasteiger partial charge < -0.3 is 14.6 Å². The number of amides is 1. The van der Waals surface area contributed by atoms with Crippen LogP contribution in [-0.4, -0.2) is 34.9 Å². The highest BCUT2D eigenvalue weighted by atomic mass is 35.5. The van der Waals surface area contributed by atoms with E-state index in [1.807, 2.05) is 18.2 Å². The molecule has 1 aliphatic heterocycles. The van der Waals surface area contributed by atoms with Gasteiger partial charge in [0.2, 0.25) is 11.8 Å². The molecule has 0 spiro atoms. The second-order valence-corrected chi connectivity index (χ2v) is 7.88. The van der Waals surface area contributed by atoms with E-state index in [1.54, 1.807) is 12.1 Å².